The Morgan fingerprint density at radius 3 is 2.36 bits per heavy atom. The van der Waals surface area contributed by atoms with Gasteiger partial charge in [-0.2, -0.15) is 11.8 Å². The first-order valence-corrected chi connectivity index (χ1v) is 9.19. The number of nitrogens with one attached hydrogen (secondary N) is 2. The topological polar surface area (TPSA) is 49.6 Å². The number of halogens is 2. The molecule has 0 radical (unpaired) electrons. The zero-order valence-electron chi connectivity index (χ0n) is 15.0. The van der Waals surface area contributed by atoms with Crippen LogP contribution in [0.2, 0.25) is 0 Å². The summed E-state index contributed by atoms with van der Waals surface area (Å²) in [6, 6.07) is 6.94. The first kappa shape index (κ1) is 21.8. The molecule has 0 aliphatic rings. The van der Waals surface area contributed by atoms with E-state index in [0.29, 0.717) is 19.0 Å². The molecule has 0 bridgehead atoms. The molecular weight excluding hydrogens is 452 g/mol. The van der Waals surface area contributed by atoms with E-state index in [1.165, 1.54) is 6.07 Å². The van der Waals surface area contributed by atoms with E-state index in [1.807, 2.05) is 32.2 Å². The van der Waals surface area contributed by atoms with Gasteiger partial charge in [0.15, 0.2) is 5.96 Å². The van der Waals surface area contributed by atoms with Crippen LogP contribution < -0.4 is 10.6 Å². The summed E-state index contributed by atoms with van der Waals surface area (Å²) >= 11 is 1.68. The van der Waals surface area contributed by atoms with E-state index in [4.69, 9.17) is 4.42 Å². The summed E-state index contributed by atoms with van der Waals surface area (Å²) in [7, 11) is 1.73. The molecule has 25 heavy (non-hydrogen) atoms. The predicted molar refractivity (Wildman–Crippen MR) is 114 cm³/mol. The van der Waals surface area contributed by atoms with Crippen LogP contribution in [0.3, 0.4) is 0 Å². The van der Waals surface area contributed by atoms with Crippen LogP contribution in [0.5, 0.6) is 0 Å². The molecule has 0 fully saturated rings. The maximum Gasteiger partial charge on any atom is 0.191 e. The van der Waals surface area contributed by atoms with E-state index in [9.17, 15) is 4.39 Å². The zero-order valence-corrected chi connectivity index (χ0v) is 18.1. The Bertz CT molecular complexity index is 718. The summed E-state index contributed by atoms with van der Waals surface area (Å²) < 4.78 is 18.9. The molecule has 138 valence electrons. The molecule has 2 aromatic rings. The Hall–Kier alpha value is -1.22. The average Bonchev–Trinajstić information content (AvgIpc) is 2.87. The van der Waals surface area contributed by atoms with Gasteiger partial charge in [-0.05, 0) is 49.4 Å². The van der Waals surface area contributed by atoms with Crippen molar-refractivity contribution in [2.75, 3.05) is 13.3 Å². The number of hydrogen-bond donors (Lipinski definition) is 2. The van der Waals surface area contributed by atoms with Crippen LogP contribution in [0.15, 0.2) is 33.7 Å². The van der Waals surface area contributed by atoms with Gasteiger partial charge in [-0.1, -0.05) is 6.07 Å². The predicted octanol–water partition coefficient (Wildman–Crippen LogP) is 4.38. The fourth-order valence-electron chi connectivity index (χ4n) is 2.49. The fourth-order valence-corrected chi connectivity index (χ4v) is 3.07. The van der Waals surface area contributed by atoms with Gasteiger partial charge in [0, 0.05) is 31.5 Å². The van der Waals surface area contributed by atoms with Crippen molar-refractivity contribution in [3.8, 4) is 0 Å². The normalized spacial score (nSPS) is 11.2. The van der Waals surface area contributed by atoms with Crippen LogP contribution in [0.1, 0.15) is 28.2 Å². The molecule has 2 rings (SSSR count). The Morgan fingerprint density at radius 1 is 1.12 bits per heavy atom. The molecule has 7 heteroatoms. The molecular formula is C18H25FIN3OS. The Balaban J connectivity index is 0.00000312. The van der Waals surface area contributed by atoms with Crippen molar-refractivity contribution >= 4 is 41.7 Å². The van der Waals surface area contributed by atoms with Crippen molar-refractivity contribution in [2.45, 2.75) is 32.7 Å². The van der Waals surface area contributed by atoms with Crippen LogP contribution in [0.4, 0.5) is 4.39 Å². The lowest BCUT2D eigenvalue weighted by Gasteiger charge is -2.14. The number of rotatable bonds is 6. The largest absolute Gasteiger partial charge is 0.466 e. The third-order valence-electron chi connectivity index (χ3n) is 3.73. The Kier molecular flexibility index (Phi) is 9.34. The lowest BCUT2D eigenvalue weighted by molar-refractivity contribution is 0.500. The van der Waals surface area contributed by atoms with Gasteiger partial charge in [0.25, 0.3) is 0 Å². The number of guanidine groups is 1. The minimum atomic E-state index is -0.198. The lowest BCUT2D eigenvalue weighted by Crippen LogP contribution is -2.36. The molecule has 0 aliphatic heterocycles. The van der Waals surface area contributed by atoms with Crippen LogP contribution in [0, 0.1) is 19.7 Å². The minimum Gasteiger partial charge on any atom is -0.466 e. The minimum absolute atomic E-state index is 0. The molecule has 2 N–H and O–H groups in total. The van der Waals surface area contributed by atoms with E-state index >= 15 is 0 Å². The number of aryl methyl sites for hydroxylation is 2. The van der Waals surface area contributed by atoms with Crippen LogP contribution in [-0.4, -0.2) is 19.3 Å². The highest BCUT2D eigenvalue weighted by atomic mass is 127. The van der Waals surface area contributed by atoms with Crippen LogP contribution in [-0.2, 0) is 18.8 Å². The summed E-state index contributed by atoms with van der Waals surface area (Å²) in [4.78, 5) is 4.23. The molecule has 0 unspecified atom stereocenters. The number of furan rings is 1. The SMILES string of the molecule is CN=C(NCc1ccc(F)cc1CSC)NCc1cc(C)oc1C.I. The Morgan fingerprint density at radius 2 is 1.80 bits per heavy atom. The number of aliphatic imine (C=N–C) groups is 1. The fraction of sp³-hybridized carbons (Fsp3) is 0.389. The standard InChI is InChI=1S/C18H24FN3OS.HI/c1-12-7-15(13(2)23-12)10-22-18(20-3)21-9-14-5-6-17(19)8-16(14)11-24-4;/h5-8H,9-11H2,1-4H3,(H2,20,21,22);1H. The van der Waals surface area contributed by atoms with Gasteiger partial charge in [-0.25, -0.2) is 4.39 Å². The van der Waals surface area contributed by atoms with Crippen molar-refractivity contribution in [1.29, 1.82) is 0 Å². The third kappa shape index (κ3) is 6.54. The summed E-state index contributed by atoms with van der Waals surface area (Å²) in [5, 5.41) is 6.55. The van der Waals surface area contributed by atoms with E-state index < -0.39 is 0 Å². The highest BCUT2D eigenvalue weighted by molar-refractivity contribution is 14.0. The maximum atomic E-state index is 13.4. The summed E-state index contributed by atoms with van der Waals surface area (Å²) in [6.07, 6.45) is 2.01. The molecule has 0 atom stereocenters. The van der Waals surface area contributed by atoms with Crippen LogP contribution >= 0.6 is 35.7 Å². The summed E-state index contributed by atoms with van der Waals surface area (Å²) in [5.41, 5.74) is 3.19. The van der Waals surface area contributed by atoms with Crippen molar-refractivity contribution in [1.82, 2.24) is 10.6 Å². The van der Waals surface area contributed by atoms with Gasteiger partial charge in [-0.15, -0.1) is 24.0 Å². The molecule has 4 nitrogen and oxygen atoms in total. The van der Waals surface area contributed by atoms with E-state index in [-0.39, 0.29) is 29.8 Å². The van der Waals surface area contributed by atoms with E-state index in [1.54, 1.807) is 24.9 Å². The van der Waals surface area contributed by atoms with E-state index in [0.717, 1.165) is 34.0 Å². The molecule has 1 aromatic heterocycles. The molecule has 1 heterocycles. The monoisotopic (exact) mass is 477 g/mol. The second-order valence-electron chi connectivity index (χ2n) is 5.56. The number of benzene rings is 1. The quantitative estimate of drug-likeness (QED) is 0.369. The lowest BCUT2D eigenvalue weighted by atomic mass is 10.1. The smallest absolute Gasteiger partial charge is 0.191 e. The van der Waals surface area contributed by atoms with E-state index in [2.05, 4.69) is 15.6 Å². The molecule has 0 saturated heterocycles. The molecule has 0 saturated carbocycles. The number of thioether (sulfide) groups is 1. The van der Waals surface area contributed by atoms with Gasteiger partial charge in [0.2, 0.25) is 0 Å². The second-order valence-corrected chi connectivity index (χ2v) is 6.43. The highest BCUT2D eigenvalue weighted by Crippen LogP contribution is 2.17. The summed E-state index contributed by atoms with van der Waals surface area (Å²) in [6.45, 7) is 5.13. The second kappa shape index (κ2) is 10.7. The number of hydrogen-bond acceptors (Lipinski definition) is 3. The molecule has 0 amide bonds. The molecule has 1 aromatic carbocycles. The van der Waals surface area contributed by atoms with Gasteiger partial charge in [0.05, 0.1) is 0 Å². The molecule has 0 spiro atoms. The third-order valence-corrected chi connectivity index (χ3v) is 4.33. The van der Waals surface area contributed by atoms with Gasteiger partial charge < -0.3 is 15.1 Å². The van der Waals surface area contributed by atoms with Crippen molar-refractivity contribution in [3.63, 3.8) is 0 Å². The van der Waals surface area contributed by atoms with Crippen molar-refractivity contribution < 1.29 is 8.81 Å². The molecule has 0 aliphatic carbocycles. The van der Waals surface area contributed by atoms with Crippen LogP contribution in [0.25, 0.3) is 0 Å². The highest BCUT2D eigenvalue weighted by Gasteiger charge is 2.07. The van der Waals surface area contributed by atoms with Crippen molar-refractivity contribution in [2.24, 2.45) is 4.99 Å². The van der Waals surface area contributed by atoms with Gasteiger partial charge in [0.1, 0.15) is 17.3 Å². The first-order chi connectivity index (χ1) is 11.5. The van der Waals surface area contributed by atoms with Gasteiger partial charge >= 0.3 is 0 Å². The average molecular weight is 477 g/mol. The first-order valence-electron chi connectivity index (χ1n) is 7.80. The van der Waals surface area contributed by atoms with Gasteiger partial charge in [-0.3, -0.25) is 4.99 Å². The Labute approximate surface area is 170 Å². The zero-order chi connectivity index (χ0) is 17.5. The maximum absolute atomic E-state index is 13.4. The summed E-state index contributed by atoms with van der Waals surface area (Å²) in [5.74, 6) is 3.11. The van der Waals surface area contributed by atoms with Crippen molar-refractivity contribution in [3.05, 3.63) is 58.3 Å². The number of nitrogens with zero attached hydrogens (tertiary/aromatic N) is 1.